The molecule has 2 aliphatic heterocycles. The average molecular weight is 332 g/mol. The van der Waals surface area contributed by atoms with E-state index in [2.05, 4.69) is 11.0 Å². The number of carbonyl (C=O) groups is 1. The van der Waals surface area contributed by atoms with Gasteiger partial charge >= 0.3 is 0 Å². The Hall–Kier alpha value is -1.23. The number of hydrogen-bond acceptors (Lipinski definition) is 3. The average Bonchev–Trinajstić information content (AvgIpc) is 3.07. The summed E-state index contributed by atoms with van der Waals surface area (Å²) in [4.78, 5) is 26.7. The molecule has 1 saturated heterocycles. The summed E-state index contributed by atoms with van der Waals surface area (Å²) in [5, 5.41) is 0.697. The fourth-order valence-corrected chi connectivity index (χ4v) is 5.66. The molecule has 2 fully saturated rings. The summed E-state index contributed by atoms with van der Waals surface area (Å²) in [5.74, 6) is 1.69. The van der Waals surface area contributed by atoms with E-state index in [0.717, 1.165) is 31.7 Å². The molecule has 124 valence electrons. The molecule has 0 N–H and O–H groups in total. The molecule has 3 aliphatic rings. The molecular weight excluding hydrogens is 308 g/mol. The van der Waals surface area contributed by atoms with Gasteiger partial charge in [0, 0.05) is 42.6 Å². The molecule has 0 aromatic carbocycles. The number of rotatable bonds is 3. The zero-order valence-corrected chi connectivity index (χ0v) is 14.3. The highest BCUT2D eigenvalue weighted by Gasteiger charge is 2.36. The molecule has 0 radical (unpaired) electrons. The molecule has 23 heavy (non-hydrogen) atoms. The van der Waals surface area contributed by atoms with Gasteiger partial charge in [0.1, 0.15) is 0 Å². The molecule has 1 aromatic rings. The van der Waals surface area contributed by atoms with Gasteiger partial charge in [-0.1, -0.05) is 18.9 Å². The molecule has 1 amide bonds. The van der Waals surface area contributed by atoms with Crippen LogP contribution in [0, 0.1) is 5.92 Å². The number of pyridine rings is 1. The first-order valence-electron chi connectivity index (χ1n) is 8.80. The van der Waals surface area contributed by atoms with E-state index < -0.39 is 0 Å². The van der Waals surface area contributed by atoms with Crippen molar-refractivity contribution in [2.75, 3.05) is 18.8 Å². The Kier molecular flexibility index (Phi) is 4.22. The Morgan fingerprint density at radius 3 is 2.83 bits per heavy atom. The Labute approximate surface area is 141 Å². The number of likely N-dealkylation sites (tertiary alicyclic amines) is 1. The van der Waals surface area contributed by atoms with Gasteiger partial charge in [-0.15, -0.1) is 11.8 Å². The van der Waals surface area contributed by atoms with Gasteiger partial charge in [-0.3, -0.25) is 9.59 Å². The van der Waals surface area contributed by atoms with E-state index in [-0.39, 0.29) is 5.56 Å². The first-order chi connectivity index (χ1) is 11.2. The van der Waals surface area contributed by atoms with Crippen LogP contribution in [0.15, 0.2) is 23.0 Å². The lowest BCUT2D eigenvalue weighted by Crippen LogP contribution is -2.49. The van der Waals surface area contributed by atoms with E-state index in [1.165, 1.54) is 25.7 Å². The molecule has 2 atom stereocenters. The third kappa shape index (κ3) is 3.08. The molecule has 2 bridgehead atoms. The topological polar surface area (TPSA) is 42.3 Å². The zero-order chi connectivity index (χ0) is 15.8. The van der Waals surface area contributed by atoms with Crippen LogP contribution in [0.3, 0.4) is 0 Å². The molecule has 4 rings (SSSR count). The van der Waals surface area contributed by atoms with E-state index in [9.17, 15) is 9.59 Å². The predicted octanol–water partition coefficient (Wildman–Crippen LogP) is 2.47. The number of piperidine rings is 1. The standard InChI is InChI=1S/C18H24N2O2S/c21-17-7-3-6-16-14-8-13(10-20(16)17)9-19(11-14)18(22)12-23-15-4-1-2-5-15/h3,6-7,13-15H,1-2,4-5,8-12H2/t13-,14+/m1/s1. The molecule has 0 unspecified atom stereocenters. The van der Waals surface area contributed by atoms with E-state index in [1.54, 1.807) is 6.07 Å². The number of thioether (sulfide) groups is 1. The highest BCUT2D eigenvalue weighted by molar-refractivity contribution is 8.00. The lowest BCUT2D eigenvalue weighted by atomic mass is 9.83. The van der Waals surface area contributed by atoms with Crippen molar-refractivity contribution in [3.05, 3.63) is 34.2 Å². The van der Waals surface area contributed by atoms with Gasteiger partial charge in [-0.25, -0.2) is 0 Å². The summed E-state index contributed by atoms with van der Waals surface area (Å²) < 4.78 is 1.92. The second-order valence-electron chi connectivity index (χ2n) is 7.21. The summed E-state index contributed by atoms with van der Waals surface area (Å²) in [6, 6.07) is 5.56. The number of hydrogen-bond donors (Lipinski definition) is 0. The molecule has 3 heterocycles. The van der Waals surface area contributed by atoms with Crippen LogP contribution in [-0.2, 0) is 11.3 Å². The fraction of sp³-hybridized carbons (Fsp3) is 0.667. The number of amides is 1. The maximum Gasteiger partial charge on any atom is 0.250 e. The van der Waals surface area contributed by atoms with Gasteiger partial charge in [-0.05, 0) is 31.2 Å². The lowest BCUT2D eigenvalue weighted by molar-refractivity contribution is -0.131. The normalized spacial score (nSPS) is 27.0. The minimum atomic E-state index is 0.105. The van der Waals surface area contributed by atoms with Crippen molar-refractivity contribution in [1.29, 1.82) is 0 Å². The summed E-state index contributed by atoms with van der Waals surface area (Å²) in [6.07, 6.45) is 6.32. The Morgan fingerprint density at radius 2 is 2.00 bits per heavy atom. The highest BCUT2D eigenvalue weighted by atomic mass is 32.2. The first kappa shape index (κ1) is 15.3. The van der Waals surface area contributed by atoms with E-state index in [0.29, 0.717) is 28.7 Å². The largest absolute Gasteiger partial charge is 0.341 e. The van der Waals surface area contributed by atoms with Crippen molar-refractivity contribution in [1.82, 2.24) is 9.47 Å². The molecular formula is C18H24N2O2S. The minimum Gasteiger partial charge on any atom is -0.341 e. The summed E-state index contributed by atoms with van der Waals surface area (Å²) >= 11 is 1.86. The lowest BCUT2D eigenvalue weighted by Gasteiger charge is -2.42. The van der Waals surface area contributed by atoms with Crippen LogP contribution >= 0.6 is 11.8 Å². The van der Waals surface area contributed by atoms with Crippen molar-refractivity contribution < 1.29 is 4.79 Å². The Morgan fingerprint density at radius 1 is 1.17 bits per heavy atom. The Bertz CT molecular complexity index is 651. The van der Waals surface area contributed by atoms with Gasteiger partial charge in [0.25, 0.3) is 5.56 Å². The van der Waals surface area contributed by atoms with Gasteiger partial charge in [0.05, 0.1) is 5.75 Å². The van der Waals surface area contributed by atoms with Crippen molar-refractivity contribution in [3.63, 3.8) is 0 Å². The molecule has 5 heteroatoms. The van der Waals surface area contributed by atoms with E-state index in [1.807, 2.05) is 22.4 Å². The molecule has 1 aliphatic carbocycles. The molecule has 1 aromatic heterocycles. The second-order valence-corrected chi connectivity index (χ2v) is 8.50. The molecule has 4 nitrogen and oxygen atoms in total. The Balaban J connectivity index is 1.43. The van der Waals surface area contributed by atoms with Crippen molar-refractivity contribution in [2.45, 2.75) is 49.8 Å². The van der Waals surface area contributed by atoms with Gasteiger partial charge in [-0.2, -0.15) is 0 Å². The van der Waals surface area contributed by atoms with Crippen molar-refractivity contribution in [2.24, 2.45) is 5.92 Å². The van der Waals surface area contributed by atoms with Crippen molar-refractivity contribution in [3.8, 4) is 0 Å². The number of fused-ring (bicyclic) bond motifs is 4. The van der Waals surface area contributed by atoms with E-state index >= 15 is 0 Å². The first-order valence-corrected chi connectivity index (χ1v) is 9.84. The molecule has 1 saturated carbocycles. The zero-order valence-electron chi connectivity index (χ0n) is 13.4. The van der Waals surface area contributed by atoms with Crippen LogP contribution in [0.4, 0.5) is 0 Å². The quantitative estimate of drug-likeness (QED) is 0.854. The SMILES string of the molecule is O=C(CSC1CCCC1)N1C[C@H]2C[C@@H](C1)c1cccc(=O)n1C2. The minimum absolute atomic E-state index is 0.105. The smallest absolute Gasteiger partial charge is 0.250 e. The third-order valence-electron chi connectivity index (χ3n) is 5.58. The second kappa shape index (κ2) is 6.34. The number of carbonyl (C=O) groups excluding carboxylic acids is 1. The summed E-state index contributed by atoms with van der Waals surface area (Å²) in [5.41, 5.74) is 1.23. The van der Waals surface area contributed by atoms with Crippen LogP contribution in [0.1, 0.15) is 43.7 Å². The van der Waals surface area contributed by atoms with Crippen LogP contribution in [-0.4, -0.2) is 39.5 Å². The van der Waals surface area contributed by atoms with Gasteiger partial charge in [0.2, 0.25) is 5.91 Å². The number of nitrogens with zero attached hydrogens (tertiary/aromatic N) is 2. The van der Waals surface area contributed by atoms with Crippen LogP contribution < -0.4 is 5.56 Å². The monoisotopic (exact) mass is 332 g/mol. The molecule has 0 spiro atoms. The predicted molar refractivity (Wildman–Crippen MR) is 92.8 cm³/mol. The van der Waals surface area contributed by atoms with E-state index in [4.69, 9.17) is 0 Å². The van der Waals surface area contributed by atoms with Crippen LogP contribution in [0.25, 0.3) is 0 Å². The van der Waals surface area contributed by atoms with Gasteiger partial charge < -0.3 is 9.47 Å². The summed E-state index contributed by atoms with van der Waals surface area (Å²) in [6.45, 7) is 2.37. The van der Waals surface area contributed by atoms with Crippen LogP contribution in [0.5, 0.6) is 0 Å². The van der Waals surface area contributed by atoms with Crippen molar-refractivity contribution >= 4 is 17.7 Å². The summed E-state index contributed by atoms with van der Waals surface area (Å²) in [7, 11) is 0. The van der Waals surface area contributed by atoms with Crippen LogP contribution in [0.2, 0.25) is 0 Å². The number of aromatic nitrogens is 1. The third-order valence-corrected chi connectivity index (χ3v) is 6.93. The van der Waals surface area contributed by atoms with Gasteiger partial charge in [0.15, 0.2) is 0 Å². The fourth-order valence-electron chi connectivity index (χ4n) is 4.44. The maximum atomic E-state index is 12.6. The highest BCUT2D eigenvalue weighted by Crippen LogP contribution is 2.35. The maximum absolute atomic E-state index is 12.6.